The Balaban J connectivity index is 2.46. The van der Waals surface area contributed by atoms with Gasteiger partial charge in [-0.25, -0.2) is 0 Å². The Bertz CT molecular complexity index is 370. The highest BCUT2D eigenvalue weighted by atomic mass is 16.5. The second kappa shape index (κ2) is 9.75. The average Bonchev–Trinajstić information content (AvgIpc) is 2.48. The molecule has 0 aromatic heterocycles. The summed E-state index contributed by atoms with van der Waals surface area (Å²) < 4.78 is 10.8. The van der Waals surface area contributed by atoms with Crippen LogP contribution in [0.2, 0.25) is 0 Å². The zero-order valence-electron chi connectivity index (χ0n) is 12.8. The van der Waals surface area contributed by atoms with Gasteiger partial charge in [-0.2, -0.15) is 0 Å². The third-order valence-electron chi connectivity index (χ3n) is 3.02. The molecule has 4 heteroatoms. The Morgan fingerprint density at radius 2 is 2.05 bits per heavy atom. The molecule has 1 aromatic carbocycles. The van der Waals surface area contributed by atoms with Gasteiger partial charge in [-0.05, 0) is 44.5 Å². The minimum Gasteiger partial charge on any atom is -0.491 e. The van der Waals surface area contributed by atoms with Gasteiger partial charge in [0.05, 0.1) is 6.61 Å². The zero-order chi connectivity index (χ0) is 14.8. The predicted octanol–water partition coefficient (Wildman–Crippen LogP) is 2.52. The van der Waals surface area contributed by atoms with Crippen LogP contribution in [0.4, 0.5) is 0 Å². The van der Waals surface area contributed by atoms with E-state index in [9.17, 15) is 5.11 Å². The van der Waals surface area contributed by atoms with Crippen LogP contribution in [0, 0.1) is 0 Å². The molecule has 0 spiro atoms. The lowest BCUT2D eigenvalue weighted by Gasteiger charge is -2.16. The van der Waals surface area contributed by atoms with Crippen LogP contribution in [0.3, 0.4) is 0 Å². The molecule has 2 N–H and O–H groups in total. The molecule has 1 aromatic rings. The van der Waals surface area contributed by atoms with Crippen LogP contribution in [0.25, 0.3) is 0 Å². The van der Waals surface area contributed by atoms with Crippen LogP contribution in [-0.2, 0) is 4.74 Å². The molecule has 0 saturated heterocycles. The van der Waals surface area contributed by atoms with Crippen molar-refractivity contribution in [1.29, 1.82) is 0 Å². The van der Waals surface area contributed by atoms with Crippen LogP contribution < -0.4 is 10.1 Å². The van der Waals surface area contributed by atoms with Crippen molar-refractivity contribution in [2.75, 3.05) is 26.4 Å². The van der Waals surface area contributed by atoms with E-state index < -0.39 is 6.10 Å². The second-order valence-electron chi connectivity index (χ2n) is 4.87. The normalized spacial score (nSPS) is 14.0. The second-order valence-corrected chi connectivity index (χ2v) is 4.87. The van der Waals surface area contributed by atoms with E-state index in [1.54, 1.807) is 0 Å². The maximum absolute atomic E-state index is 9.67. The lowest BCUT2D eigenvalue weighted by atomic mass is 10.1. The van der Waals surface area contributed by atoms with Crippen molar-refractivity contribution >= 4 is 0 Å². The molecule has 0 heterocycles. The Kier molecular flexibility index (Phi) is 8.26. The van der Waals surface area contributed by atoms with Crippen LogP contribution in [0.1, 0.15) is 38.8 Å². The van der Waals surface area contributed by atoms with E-state index in [4.69, 9.17) is 9.47 Å². The van der Waals surface area contributed by atoms with Gasteiger partial charge in [-0.15, -0.1) is 0 Å². The SMILES string of the molecule is CCCNC(C)c1cccc(OCC(O)COCC)c1. The van der Waals surface area contributed by atoms with Gasteiger partial charge in [-0.3, -0.25) is 0 Å². The molecule has 0 fully saturated rings. The maximum Gasteiger partial charge on any atom is 0.119 e. The third-order valence-corrected chi connectivity index (χ3v) is 3.02. The molecule has 4 nitrogen and oxygen atoms in total. The summed E-state index contributed by atoms with van der Waals surface area (Å²) in [5.41, 5.74) is 1.19. The number of hydrogen-bond donors (Lipinski definition) is 2. The first kappa shape index (κ1) is 17.0. The van der Waals surface area contributed by atoms with Crippen molar-refractivity contribution in [3.8, 4) is 5.75 Å². The molecule has 0 aliphatic heterocycles. The summed E-state index contributed by atoms with van der Waals surface area (Å²) in [7, 11) is 0. The highest BCUT2D eigenvalue weighted by molar-refractivity contribution is 5.30. The first-order valence-corrected chi connectivity index (χ1v) is 7.39. The van der Waals surface area contributed by atoms with E-state index in [1.807, 2.05) is 25.1 Å². The molecule has 2 unspecified atom stereocenters. The van der Waals surface area contributed by atoms with Crippen molar-refractivity contribution in [3.05, 3.63) is 29.8 Å². The van der Waals surface area contributed by atoms with Crippen LogP contribution >= 0.6 is 0 Å². The Morgan fingerprint density at radius 1 is 1.25 bits per heavy atom. The fraction of sp³-hybridized carbons (Fsp3) is 0.625. The number of benzene rings is 1. The molecule has 0 aliphatic rings. The zero-order valence-corrected chi connectivity index (χ0v) is 12.8. The standard InChI is InChI=1S/C16H27NO3/c1-4-9-17-13(3)14-7-6-8-16(10-14)20-12-15(18)11-19-5-2/h6-8,10,13,15,17-18H,4-5,9,11-12H2,1-3H3. The average molecular weight is 281 g/mol. The maximum atomic E-state index is 9.67. The van der Waals surface area contributed by atoms with Gasteiger partial charge in [0.1, 0.15) is 18.5 Å². The van der Waals surface area contributed by atoms with Crippen molar-refractivity contribution in [1.82, 2.24) is 5.32 Å². The molecule has 114 valence electrons. The number of nitrogens with one attached hydrogen (secondary N) is 1. The Morgan fingerprint density at radius 3 is 2.75 bits per heavy atom. The highest BCUT2D eigenvalue weighted by Gasteiger charge is 2.08. The molecule has 2 atom stereocenters. The molecule has 0 amide bonds. The number of rotatable bonds is 10. The number of ether oxygens (including phenoxy) is 2. The summed E-state index contributed by atoms with van der Waals surface area (Å²) in [6, 6.07) is 8.27. The topological polar surface area (TPSA) is 50.7 Å². The Hall–Kier alpha value is -1.10. The quantitative estimate of drug-likeness (QED) is 0.692. The summed E-state index contributed by atoms with van der Waals surface area (Å²) >= 11 is 0. The summed E-state index contributed by atoms with van der Waals surface area (Å²) in [6.07, 6.45) is 0.527. The van der Waals surface area contributed by atoms with Gasteiger partial charge >= 0.3 is 0 Å². The minimum absolute atomic E-state index is 0.250. The molecule has 0 saturated carbocycles. The molecule has 20 heavy (non-hydrogen) atoms. The molecule has 0 radical (unpaired) electrons. The van der Waals surface area contributed by atoms with Gasteiger partial charge in [0.2, 0.25) is 0 Å². The number of aliphatic hydroxyl groups excluding tert-OH is 1. The van der Waals surface area contributed by atoms with E-state index in [1.165, 1.54) is 5.56 Å². The van der Waals surface area contributed by atoms with Crippen LogP contribution in [0.5, 0.6) is 5.75 Å². The van der Waals surface area contributed by atoms with Crippen LogP contribution in [-0.4, -0.2) is 37.6 Å². The lowest BCUT2D eigenvalue weighted by molar-refractivity contribution is 0.0164. The van der Waals surface area contributed by atoms with Crippen LogP contribution in [0.15, 0.2) is 24.3 Å². The van der Waals surface area contributed by atoms with E-state index in [-0.39, 0.29) is 6.61 Å². The molecular formula is C16H27NO3. The number of aliphatic hydroxyl groups is 1. The minimum atomic E-state index is -0.589. The Labute approximate surface area is 122 Å². The fourth-order valence-corrected chi connectivity index (χ4v) is 1.85. The van der Waals surface area contributed by atoms with Gasteiger partial charge in [0.15, 0.2) is 0 Å². The smallest absolute Gasteiger partial charge is 0.119 e. The largest absolute Gasteiger partial charge is 0.491 e. The predicted molar refractivity (Wildman–Crippen MR) is 81.1 cm³/mol. The number of hydrogen-bond acceptors (Lipinski definition) is 4. The van der Waals surface area contributed by atoms with Gasteiger partial charge in [0, 0.05) is 12.6 Å². The van der Waals surface area contributed by atoms with E-state index in [0.29, 0.717) is 19.3 Å². The first-order valence-electron chi connectivity index (χ1n) is 7.39. The molecule has 1 rings (SSSR count). The summed E-state index contributed by atoms with van der Waals surface area (Å²) in [4.78, 5) is 0. The summed E-state index contributed by atoms with van der Waals surface area (Å²) in [5, 5.41) is 13.1. The van der Waals surface area contributed by atoms with Crippen molar-refractivity contribution in [2.24, 2.45) is 0 Å². The monoisotopic (exact) mass is 281 g/mol. The first-order chi connectivity index (χ1) is 9.67. The fourth-order valence-electron chi connectivity index (χ4n) is 1.85. The molecular weight excluding hydrogens is 254 g/mol. The van der Waals surface area contributed by atoms with Crippen molar-refractivity contribution < 1.29 is 14.6 Å². The van der Waals surface area contributed by atoms with Gasteiger partial charge < -0.3 is 19.9 Å². The van der Waals surface area contributed by atoms with E-state index >= 15 is 0 Å². The molecule has 0 aliphatic carbocycles. The van der Waals surface area contributed by atoms with E-state index in [2.05, 4.69) is 25.2 Å². The van der Waals surface area contributed by atoms with Gasteiger partial charge in [-0.1, -0.05) is 19.1 Å². The van der Waals surface area contributed by atoms with Crippen molar-refractivity contribution in [2.45, 2.75) is 39.3 Å². The summed E-state index contributed by atoms with van der Waals surface area (Å²) in [5.74, 6) is 0.781. The highest BCUT2D eigenvalue weighted by Crippen LogP contribution is 2.19. The van der Waals surface area contributed by atoms with E-state index in [0.717, 1.165) is 18.7 Å². The third kappa shape index (κ3) is 6.37. The lowest BCUT2D eigenvalue weighted by Crippen LogP contribution is -2.23. The van der Waals surface area contributed by atoms with Gasteiger partial charge in [0.25, 0.3) is 0 Å². The summed E-state index contributed by atoms with van der Waals surface area (Å²) in [6.45, 7) is 8.36. The molecule has 0 bridgehead atoms. The van der Waals surface area contributed by atoms with Crippen molar-refractivity contribution in [3.63, 3.8) is 0 Å².